The van der Waals surface area contributed by atoms with E-state index >= 15 is 0 Å². The summed E-state index contributed by atoms with van der Waals surface area (Å²) in [6.45, 7) is 1.57. The van der Waals surface area contributed by atoms with E-state index < -0.39 is 0 Å². The van der Waals surface area contributed by atoms with Gasteiger partial charge in [0.15, 0.2) is 4.96 Å². The molecule has 152 valence electrons. The third-order valence-corrected chi connectivity index (χ3v) is 6.68. The van der Waals surface area contributed by atoms with Crippen molar-refractivity contribution < 1.29 is 9.18 Å². The Kier molecular flexibility index (Phi) is 5.09. The quantitative estimate of drug-likeness (QED) is 0.450. The summed E-state index contributed by atoms with van der Waals surface area (Å²) in [4.78, 5) is 20.5. The Labute approximate surface area is 178 Å². The summed E-state index contributed by atoms with van der Waals surface area (Å²) in [6, 6.07) is 16.8. The zero-order valence-electron chi connectivity index (χ0n) is 16.5. The highest BCUT2D eigenvalue weighted by Crippen LogP contribution is 2.27. The number of carbonyl (C=O) groups excluding carboxylic acids is 1. The zero-order chi connectivity index (χ0) is 20.5. The van der Waals surface area contributed by atoms with Crippen molar-refractivity contribution in [1.29, 1.82) is 0 Å². The number of amides is 1. The number of hydrogen-bond donors (Lipinski definition) is 0. The summed E-state index contributed by atoms with van der Waals surface area (Å²) < 4.78 is 15.1. The van der Waals surface area contributed by atoms with Crippen LogP contribution in [0.15, 0.2) is 66.2 Å². The number of carbonyl (C=O) groups is 1. The number of fused-ring (bicyclic) bond motifs is 1. The predicted octanol–water partition coefficient (Wildman–Crippen LogP) is 5.30. The highest BCUT2D eigenvalue weighted by atomic mass is 32.1. The Morgan fingerprint density at radius 3 is 2.53 bits per heavy atom. The lowest BCUT2D eigenvalue weighted by Gasteiger charge is -2.32. The van der Waals surface area contributed by atoms with Crippen LogP contribution in [0.1, 0.15) is 28.9 Å². The normalized spacial score (nSPS) is 15.0. The van der Waals surface area contributed by atoms with Gasteiger partial charge in [0.2, 0.25) is 0 Å². The van der Waals surface area contributed by atoms with Crippen LogP contribution in [0.5, 0.6) is 0 Å². The number of piperidine rings is 1. The Balaban J connectivity index is 1.29. The van der Waals surface area contributed by atoms with Gasteiger partial charge in [-0.05, 0) is 55.0 Å². The second kappa shape index (κ2) is 8.03. The van der Waals surface area contributed by atoms with E-state index in [1.807, 2.05) is 26.9 Å². The van der Waals surface area contributed by atoms with Gasteiger partial charge in [-0.15, -0.1) is 11.3 Å². The largest absolute Gasteiger partial charge is 0.337 e. The zero-order valence-corrected chi connectivity index (χ0v) is 17.3. The third kappa shape index (κ3) is 3.75. The molecular formula is C24H22FN3OS. The first-order chi connectivity index (χ1) is 14.7. The number of imidazole rings is 1. The Bertz CT molecular complexity index is 1160. The van der Waals surface area contributed by atoms with Crippen molar-refractivity contribution in [2.75, 3.05) is 13.1 Å². The minimum absolute atomic E-state index is 0.0578. The molecule has 2 aromatic carbocycles. The number of aromatic nitrogens is 2. The highest BCUT2D eigenvalue weighted by Gasteiger charge is 2.26. The van der Waals surface area contributed by atoms with Crippen LogP contribution in [0, 0.1) is 11.7 Å². The fraction of sp³-hybridized carbons (Fsp3) is 0.250. The average molecular weight is 420 g/mol. The van der Waals surface area contributed by atoms with Crippen molar-refractivity contribution in [3.05, 3.63) is 83.2 Å². The van der Waals surface area contributed by atoms with Crippen molar-refractivity contribution in [3.8, 4) is 11.3 Å². The number of benzene rings is 2. The summed E-state index contributed by atoms with van der Waals surface area (Å²) >= 11 is 1.46. The third-order valence-electron chi connectivity index (χ3n) is 5.84. The van der Waals surface area contributed by atoms with Crippen LogP contribution in [0.2, 0.25) is 0 Å². The first-order valence-corrected chi connectivity index (χ1v) is 11.1. The minimum Gasteiger partial charge on any atom is -0.337 e. The van der Waals surface area contributed by atoms with Gasteiger partial charge in [0, 0.05) is 30.2 Å². The number of thiazole rings is 1. The van der Waals surface area contributed by atoms with E-state index in [2.05, 4.69) is 29.2 Å². The van der Waals surface area contributed by atoms with Gasteiger partial charge < -0.3 is 4.90 Å². The second-order valence-electron chi connectivity index (χ2n) is 7.83. The van der Waals surface area contributed by atoms with Crippen LogP contribution in [0.3, 0.4) is 0 Å². The molecule has 6 heteroatoms. The Morgan fingerprint density at radius 2 is 1.80 bits per heavy atom. The second-order valence-corrected chi connectivity index (χ2v) is 8.67. The molecule has 0 aliphatic carbocycles. The topological polar surface area (TPSA) is 37.6 Å². The maximum absolute atomic E-state index is 13.2. The molecule has 1 fully saturated rings. The number of likely N-dealkylation sites (tertiary alicyclic amines) is 1. The predicted molar refractivity (Wildman–Crippen MR) is 117 cm³/mol. The molecule has 1 aliphatic heterocycles. The van der Waals surface area contributed by atoms with Crippen molar-refractivity contribution in [2.45, 2.75) is 19.3 Å². The fourth-order valence-electron chi connectivity index (χ4n) is 4.15. The van der Waals surface area contributed by atoms with E-state index in [4.69, 9.17) is 0 Å². The molecule has 30 heavy (non-hydrogen) atoms. The van der Waals surface area contributed by atoms with E-state index in [0.29, 0.717) is 11.6 Å². The lowest BCUT2D eigenvalue weighted by Crippen LogP contribution is -2.39. The lowest BCUT2D eigenvalue weighted by molar-refractivity contribution is 0.0684. The molecule has 0 bridgehead atoms. The molecule has 0 atom stereocenters. The number of nitrogens with zero attached hydrogens (tertiary/aromatic N) is 3. The Hall–Kier alpha value is -2.99. The molecule has 5 rings (SSSR count). The van der Waals surface area contributed by atoms with E-state index in [1.54, 1.807) is 12.1 Å². The molecule has 4 aromatic rings. The van der Waals surface area contributed by atoms with Crippen LogP contribution >= 0.6 is 11.3 Å². The Morgan fingerprint density at radius 1 is 1.07 bits per heavy atom. The lowest BCUT2D eigenvalue weighted by atomic mass is 9.90. The molecule has 1 amide bonds. The molecule has 0 radical (unpaired) electrons. The average Bonchev–Trinajstić information content (AvgIpc) is 3.36. The summed E-state index contributed by atoms with van der Waals surface area (Å²) in [5.41, 5.74) is 3.61. The maximum atomic E-state index is 13.2. The highest BCUT2D eigenvalue weighted by molar-refractivity contribution is 7.15. The summed E-state index contributed by atoms with van der Waals surface area (Å²) in [5, 5.41) is 1.88. The van der Waals surface area contributed by atoms with Crippen molar-refractivity contribution in [1.82, 2.24) is 14.3 Å². The molecular weight excluding hydrogens is 397 g/mol. The van der Waals surface area contributed by atoms with Gasteiger partial charge in [0.05, 0.1) is 5.69 Å². The van der Waals surface area contributed by atoms with Gasteiger partial charge in [0.25, 0.3) is 5.91 Å². The summed E-state index contributed by atoms with van der Waals surface area (Å²) in [7, 11) is 0. The first kappa shape index (κ1) is 19.0. The SMILES string of the molecule is O=C(c1csc2nc(-c3ccc(F)cc3)cn12)N1CCC(Cc2ccccc2)CC1. The van der Waals surface area contributed by atoms with Crippen LogP contribution in [0.4, 0.5) is 4.39 Å². The molecule has 1 aliphatic rings. The maximum Gasteiger partial charge on any atom is 0.271 e. The minimum atomic E-state index is -0.272. The molecule has 4 nitrogen and oxygen atoms in total. The number of rotatable bonds is 4. The fourth-order valence-corrected chi connectivity index (χ4v) is 4.99. The van der Waals surface area contributed by atoms with Crippen LogP contribution in [-0.2, 0) is 6.42 Å². The van der Waals surface area contributed by atoms with Crippen LogP contribution in [0.25, 0.3) is 16.2 Å². The molecule has 3 heterocycles. The van der Waals surface area contributed by atoms with Gasteiger partial charge in [-0.3, -0.25) is 9.20 Å². The van der Waals surface area contributed by atoms with E-state index in [1.165, 1.54) is 29.0 Å². The van der Waals surface area contributed by atoms with Crippen molar-refractivity contribution in [2.24, 2.45) is 5.92 Å². The standard InChI is InChI=1S/C24H22FN3OS/c25-20-8-6-19(7-9-20)21-15-28-22(16-30-24(28)26-21)23(29)27-12-10-18(11-13-27)14-17-4-2-1-3-5-17/h1-9,15-16,18H,10-14H2. The molecule has 0 saturated carbocycles. The summed E-state index contributed by atoms with van der Waals surface area (Å²) in [6.07, 6.45) is 5.00. The van der Waals surface area contributed by atoms with Gasteiger partial charge in [-0.2, -0.15) is 0 Å². The summed E-state index contributed by atoms with van der Waals surface area (Å²) in [5.74, 6) is 0.408. The smallest absolute Gasteiger partial charge is 0.271 e. The molecule has 2 aromatic heterocycles. The van der Waals surface area contributed by atoms with Crippen molar-refractivity contribution in [3.63, 3.8) is 0 Å². The molecule has 0 spiro atoms. The van der Waals surface area contributed by atoms with Gasteiger partial charge in [-0.1, -0.05) is 30.3 Å². The molecule has 0 unspecified atom stereocenters. The first-order valence-electron chi connectivity index (χ1n) is 10.2. The van der Waals surface area contributed by atoms with Crippen molar-refractivity contribution >= 4 is 22.2 Å². The van der Waals surface area contributed by atoms with Crippen LogP contribution in [-0.4, -0.2) is 33.3 Å². The van der Waals surface area contributed by atoms with Gasteiger partial charge in [0.1, 0.15) is 11.5 Å². The van der Waals surface area contributed by atoms with E-state index in [9.17, 15) is 9.18 Å². The van der Waals surface area contributed by atoms with E-state index in [0.717, 1.165) is 48.6 Å². The molecule has 0 N–H and O–H groups in total. The number of halogens is 1. The van der Waals surface area contributed by atoms with E-state index in [-0.39, 0.29) is 11.7 Å². The number of hydrogen-bond acceptors (Lipinski definition) is 3. The monoisotopic (exact) mass is 419 g/mol. The van der Waals surface area contributed by atoms with Gasteiger partial charge >= 0.3 is 0 Å². The van der Waals surface area contributed by atoms with Gasteiger partial charge in [-0.25, -0.2) is 9.37 Å². The molecule has 1 saturated heterocycles. The van der Waals surface area contributed by atoms with Crippen LogP contribution < -0.4 is 0 Å².